The summed E-state index contributed by atoms with van der Waals surface area (Å²) in [6.45, 7) is 5.37. The number of phenols is 1. The molecule has 0 spiro atoms. The number of aromatic amines is 1. The van der Waals surface area contributed by atoms with E-state index in [1.54, 1.807) is 12.1 Å². The lowest BCUT2D eigenvalue weighted by atomic mass is 10.1. The van der Waals surface area contributed by atoms with Crippen LogP contribution in [0, 0.1) is 0 Å². The van der Waals surface area contributed by atoms with Crippen molar-refractivity contribution in [1.82, 2.24) is 9.55 Å². The number of nitrogen functional groups attached to an aromatic ring is 1. The van der Waals surface area contributed by atoms with Gasteiger partial charge in [-0.3, -0.25) is 19.1 Å². The van der Waals surface area contributed by atoms with E-state index in [-0.39, 0.29) is 29.5 Å². The number of nitrogens with two attached hydrogens (primary N) is 1. The molecule has 0 unspecified atom stereocenters. The second-order valence-corrected chi connectivity index (χ2v) is 7.02. The first-order valence-corrected chi connectivity index (χ1v) is 9.44. The number of piperazine rings is 1. The van der Waals surface area contributed by atoms with Crippen molar-refractivity contribution in [3.05, 3.63) is 50.7 Å². The Kier molecular flexibility index (Phi) is 5.84. The smallest absolute Gasteiger partial charge is 0.329 e. The Balaban J connectivity index is 1.68. The number of ketones is 1. The predicted molar refractivity (Wildman–Crippen MR) is 106 cm³/mol. The van der Waals surface area contributed by atoms with Crippen LogP contribution >= 0.6 is 0 Å². The first-order valence-electron chi connectivity index (χ1n) is 9.44. The number of phenolic OH excluding ortho intramolecular Hbond substituents is 1. The van der Waals surface area contributed by atoms with Gasteiger partial charge in [-0.15, -0.1) is 0 Å². The third-order valence-electron chi connectivity index (χ3n) is 5.06. The van der Waals surface area contributed by atoms with Crippen LogP contribution in [0.25, 0.3) is 0 Å². The largest absolute Gasteiger partial charge is 0.508 e. The Morgan fingerprint density at radius 1 is 1.21 bits per heavy atom. The molecule has 28 heavy (non-hydrogen) atoms. The number of H-pyrrole nitrogens is 1. The highest BCUT2D eigenvalue weighted by atomic mass is 16.3. The lowest BCUT2D eigenvalue weighted by Crippen LogP contribution is -3.15. The van der Waals surface area contributed by atoms with Gasteiger partial charge in [-0.2, -0.15) is 0 Å². The molecule has 2 aromatic rings. The summed E-state index contributed by atoms with van der Waals surface area (Å²) in [5.41, 5.74) is 5.56. The number of hydrogen-bond donors (Lipinski definition) is 4. The molecule has 0 atom stereocenters. The van der Waals surface area contributed by atoms with Crippen molar-refractivity contribution in [2.24, 2.45) is 0 Å². The van der Waals surface area contributed by atoms with Crippen molar-refractivity contribution in [2.45, 2.75) is 19.9 Å². The summed E-state index contributed by atoms with van der Waals surface area (Å²) in [6, 6.07) is 7.03. The zero-order valence-electron chi connectivity index (χ0n) is 15.9. The van der Waals surface area contributed by atoms with Crippen LogP contribution in [0.5, 0.6) is 5.75 Å². The summed E-state index contributed by atoms with van der Waals surface area (Å²) >= 11 is 0. The maximum absolute atomic E-state index is 12.7. The molecule has 0 bridgehead atoms. The highest BCUT2D eigenvalue weighted by Gasteiger charge is 2.26. The number of carbonyl (C=O) groups excluding carboxylic acids is 1. The van der Waals surface area contributed by atoms with E-state index in [0.29, 0.717) is 13.0 Å². The van der Waals surface area contributed by atoms with Gasteiger partial charge in [0.15, 0.2) is 0 Å². The summed E-state index contributed by atoms with van der Waals surface area (Å²) < 4.78 is 1.24. The maximum atomic E-state index is 12.7. The molecule has 1 aliphatic rings. The minimum absolute atomic E-state index is 0.0530. The number of aromatic hydroxyl groups is 1. The highest BCUT2D eigenvalue weighted by molar-refractivity contribution is 6.00. The number of nitrogens with zero attached hydrogens (tertiary/aromatic N) is 2. The molecule has 150 valence electrons. The molecule has 1 aromatic heterocycles. The first-order chi connectivity index (χ1) is 13.4. The fourth-order valence-corrected chi connectivity index (χ4v) is 3.54. The second-order valence-electron chi connectivity index (χ2n) is 7.02. The Hall–Kier alpha value is -3.07. The van der Waals surface area contributed by atoms with Crippen LogP contribution in [0.3, 0.4) is 0 Å². The molecule has 0 radical (unpaired) electrons. The number of carbonyl (C=O) groups is 1. The number of benzene rings is 1. The van der Waals surface area contributed by atoms with Gasteiger partial charge in [0, 0.05) is 12.2 Å². The molecule has 2 heterocycles. The van der Waals surface area contributed by atoms with E-state index in [9.17, 15) is 19.5 Å². The molecule has 3 rings (SSSR count). The van der Waals surface area contributed by atoms with Gasteiger partial charge in [0.1, 0.15) is 23.7 Å². The molecule has 5 N–H and O–H groups in total. The van der Waals surface area contributed by atoms with Crippen molar-refractivity contribution in [3.63, 3.8) is 0 Å². The molecule has 1 aliphatic heterocycles. The van der Waals surface area contributed by atoms with Gasteiger partial charge in [-0.1, -0.05) is 6.92 Å². The maximum Gasteiger partial charge on any atom is 0.329 e. The van der Waals surface area contributed by atoms with E-state index >= 15 is 0 Å². The van der Waals surface area contributed by atoms with Gasteiger partial charge in [0.25, 0.3) is 5.56 Å². The van der Waals surface area contributed by atoms with E-state index < -0.39 is 11.2 Å². The van der Waals surface area contributed by atoms with Crippen LogP contribution < -0.4 is 26.8 Å². The summed E-state index contributed by atoms with van der Waals surface area (Å²) in [5.74, 6) is -0.176. The summed E-state index contributed by atoms with van der Waals surface area (Å²) in [4.78, 5) is 42.2. The molecular weight excluding hydrogens is 362 g/mol. The number of hydrogen-bond acceptors (Lipinski definition) is 6. The van der Waals surface area contributed by atoms with Crippen LogP contribution in [-0.2, 0) is 6.54 Å². The van der Waals surface area contributed by atoms with Crippen LogP contribution in [0.2, 0.25) is 0 Å². The molecule has 9 heteroatoms. The lowest BCUT2D eigenvalue weighted by molar-refractivity contribution is -0.892. The van der Waals surface area contributed by atoms with Crippen molar-refractivity contribution in [3.8, 4) is 5.75 Å². The molecule has 0 aliphatic carbocycles. The first kappa shape index (κ1) is 19.7. The standard InChI is InChI=1S/C19H25N5O4/c1-2-7-24-17(20)16(18(27)21-19(24)28)15(26)12-22-8-10-23(11-9-22)13-3-5-14(25)6-4-13/h3-6,25H,2,7-12,20H2,1H3,(H,21,27,28)/p+1. The normalized spacial score (nSPS) is 15.0. The Bertz CT molecular complexity index is 956. The van der Waals surface area contributed by atoms with E-state index in [0.717, 1.165) is 36.8 Å². The number of quaternary nitrogens is 1. The van der Waals surface area contributed by atoms with Gasteiger partial charge in [-0.05, 0) is 30.7 Å². The van der Waals surface area contributed by atoms with Crippen LogP contribution in [0.1, 0.15) is 23.7 Å². The molecular formula is C19H26N5O4+. The number of rotatable bonds is 6. The minimum Gasteiger partial charge on any atom is -0.508 e. The second kappa shape index (κ2) is 8.30. The number of nitrogens with one attached hydrogen (secondary N) is 2. The predicted octanol–water partition coefficient (Wildman–Crippen LogP) is -1.18. The van der Waals surface area contributed by atoms with Crippen molar-refractivity contribution >= 4 is 17.3 Å². The lowest BCUT2D eigenvalue weighted by Gasteiger charge is -2.33. The van der Waals surface area contributed by atoms with Crippen molar-refractivity contribution < 1.29 is 14.8 Å². The third kappa shape index (κ3) is 4.09. The summed E-state index contributed by atoms with van der Waals surface area (Å²) in [5, 5.41) is 9.40. The number of aromatic nitrogens is 2. The Labute approximate surface area is 162 Å². The zero-order chi connectivity index (χ0) is 20.3. The van der Waals surface area contributed by atoms with Crippen LogP contribution in [0.4, 0.5) is 11.5 Å². The SMILES string of the molecule is CCCn1c(N)c(C(=O)C[NH+]2CCN(c3ccc(O)cc3)CC2)c(=O)[nH]c1=O. The molecule has 1 fully saturated rings. The summed E-state index contributed by atoms with van der Waals surface area (Å²) in [6.07, 6.45) is 0.661. The van der Waals surface area contributed by atoms with E-state index in [1.807, 2.05) is 19.1 Å². The van der Waals surface area contributed by atoms with Gasteiger partial charge in [-0.25, -0.2) is 4.79 Å². The average Bonchev–Trinajstić information content (AvgIpc) is 2.66. The van der Waals surface area contributed by atoms with E-state index in [1.165, 1.54) is 4.57 Å². The van der Waals surface area contributed by atoms with Gasteiger partial charge in [0.2, 0.25) is 5.78 Å². The highest BCUT2D eigenvalue weighted by Crippen LogP contribution is 2.18. The molecule has 0 amide bonds. The molecule has 1 aromatic carbocycles. The zero-order valence-corrected chi connectivity index (χ0v) is 15.9. The minimum atomic E-state index is -0.720. The average molecular weight is 388 g/mol. The van der Waals surface area contributed by atoms with Gasteiger partial charge in [0.05, 0.1) is 26.2 Å². The van der Waals surface area contributed by atoms with Gasteiger partial charge >= 0.3 is 5.69 Å². The van der Waals surface area contributed by atoms with Crippen LogP contribution in [-0.4, -0.2) is 53.2 Å². The molecule has 1 saturated heterocycles. The fourth-order valence-electron chi connectivity index (χ4n) is 3.54. The molecule has 0 saturated carbocycles. The monoisotopic (exact) mass is 388 g/mol. The fraction of sp³-hybridized carbons (Fsp3) is 0.421. The topological polar surface area (TPSA) is 126 Å². The van der Waals surface area contributed by atoms with Crippen LogP contribution in [0.15, 0.2) is 33.9 Å². The third-order valence-corrected chi connectivity index (χ3v) is 5.06. The number of Topliss-reactive ketones (excluding diaryl/α,β-unsaturated/α-hetero) is 1. The molecule has 9 nitrogen and oxygen atoms in total. The Morgan fingerprint density at radius 3 is 2.46 bits per heavy atom. The van der Waals surface area contributed by atoms with Crippen molar-refractivity contribution in [2.75, 3.05) is 43.4 Å². The quantitative estimate of drug-likeness (QED) is 0.462. The summed E-state index contributed by atoms with van der Waals surface area (Å²) in [7, 11) is 0. The number of anilines is 2. The van der Waals surface area contributed by atoms with E-state index in [2.05, 4.69) is 9.88 Å². The van der Waals surface area contributed by atoms with Crippen molar-refractivity contribution in [1.29, 1.82) is 0 Å². The van der Waals surface area contributed by atoms with Gasteiger partial charge < -0.3 is 20.6 Å². The van der Waals surface area contributed by atoms with E-state index in [4.69, 9.17) is 5.73 Å². The Morgan fingerprint density at radius 2 is 1.86 bits per heavy atom.